The fraction of sp³-hybridized carbons (Fsp3) is 0.683. The van der Waals surface area contributed by atoms with Gasteiger partial charge in [0.15, 0.2) is 0 Å². The Bertz CT molecular complexity index is 1660. The lowest BCUT2D eigenvalue weighted by Gasteiger charge is -2.22. The molecule has 4 heterocycles. The normalized spacial score (nSPS) is 11.3. The molecule has 4 aromatic rings. The third-order valence-corrected chi connectivity index (χ3v) is 6.79. The van der Waals surface area contributed by atoms with Gasteiger partial charge >= 0.3 is 0 Å². The van der Waals surface area contributed by atoms with Crippen molar-refractivity contribution in [3.63, 3.8) is 0 Å². The molecule has 4 aromatic heterocycles. The Labute approximate surface area is 362 Å². The second kappa shape index (κ2) is 27.5. The van der Waals surface area contributed by atoms with E-state index in [2.05, 4.69) is 68.6 Å². The topological polar surface area (TPSA) is 238 Å². The molecule has 0 radical (unpaired) electrons. The number of alkyl halides is 1. The van der Waals surface area contributed by atoms with Crippen LogP contribution in [0.5, 0.6) is 0 Å². The Morgan fingerprint density at radius 1 is 0.621 bits per heavy atom. The molecular weight excluding hydrogens is 859 g/mol. The molecule has 0 aliphatic rings. The maximum absolute atomic E-state index is 9.67. The highest BCUT2D eigenvalue weighted by Crippen LogP contribution is 2.22. The first-order valence-electron chi connectivity index (χ1n) is 17.8. The highest BCUT2D eigenvalue weighted by Gasteiger charge is 2.25. The van der Waals surface area contributed by atoms with Crippen LogP contribution < -0.4 is 5.73 Å². The minimum Gasteiger partial charge on any atom is -0.443 e. The number of nitrogens with zero attached hydrogens (tertiary/aromatic N) is 7. The third kappa shape index (κ3) is 26.0. The van der Waals surface area contributed by atoms with Crippen LogP contribution in [0.2, 0.25) is 0 Å². The van der Waals surface area contributed by atoms with Crippen LogP contribution in [0, 0.1) is 11.3 Å². The van der Waals surface area contributed by atoms with Crippen molar-refractivity contribution < 1.29 is 42.6 Å². The Morgan fingerprint density at radius 3 is 1.17 bits per heavy atom. The number of nitrogens with two attached hydrogens (primary N) is 1. The molecule has 4 rings (SSSR count). The van der Waals surface area contributed by atoms with Gasteiger partial charge in [-0.3, -0.25) is 0 Å². The molecule has 0 aliphatic heterocycles. The van der Waals surface area contributed by atoms with Crippen molar-refractivity contribution >= 4 is 22.6 Å². The summed E-state index contributed by atoms with van der Waals surface area (Å²) in [7, 11) is 10.4. The Balaban J connectivity index is -0.000000326. The number of aliphatic hydroxyl groups is 4. The van der Waals surface area contributed by atoms with E-state index in [0.717, 1.165) is 47.7 Å². The SMILES string of the molecule is C.C.C.CC(C)(O)c1ncc(CC#N)o1.CC(C)(O)c1ncc(CCN)o1.CC(C)(O)c1ncc(CC[N+](C)(C)C)o1.CI.CN(C)CCc1cnc(C(C)(C)O)o1. The number of halogens is 1. The van der Waals surface area contributed by atoms with Crippen LogP contribution in [0.4, 0.5) is 0 Å². The van der Waals surface area contributed by atoms with Crippen molar-refractivity contribution in [1.29, 1.82) is 5.26 Å². The second-order valence-corrected chi connectivity index (χ2v) is 16.0. The van der Waals surface area contributed by atoms with E-state index in [1.54, 1.807) is 74.0 Å². The quantitative estimate of drug-likeness (QED) is 0.0547. The van der Waals surface area contributed by atoms with Gasteiger partial charge in [-0.2, -0.15) is 5.26 Å². The molecule has 6 N–H and O–H groups in total. The first kappa shape index (κ1) is 61.4. The molecule has 0 atom stereocenters. The van der Waals surface area contributed by atoms with E-state index in [4.69, 9.17) is 28.7 Å². The summed E-state index contributed by atoms with van der Waals surface area (Å²) < 4.78 is 22.1. The fourth-order valence-electron chi connectivity index (χ4n) is 3.79. The third-order valence-electron chi connectivity index (χ3n) is 6.79. The zero-order chi connectivity index (χ0) is 42.8. The van der Waals surface area contributed by atoms with E-state index in [1.165, 1.54) is 6.20 Å². The summed E-state index contributed by atoms with van der Waals surface area (Å²) in [5.74, 6) is 4.20. The Morgan fingerprint density at radius 2 is 0.914 bits per heavy atom. The molecule has 0 aromatic carbocycles. The highest BCUT2D eigenvalue weighted by atomic mass is 127. The van der Waals surface area contributed by atoms with E-state index in [0.29, 0.717) is 36.4 Å². The van der Waals surface area contributed by atoms with Crippen molar-refractivity contribution in [2.24, 2.45) is 5.73 Å². The van der Waals surface area contributed by atoms with Gasteiger partial charge in [0.2, 0.25) is 23.6 Å². The van der Waals surface area contributed by atoms with Crippen molar-refractivity contribution in [2.45, 2.75) is 126 Å². The summed E-state index contributed by atoms with van der Waals surface area (Å²) in [5, 5.41) is 46.5. The van der Waals surface area contributed by atoms with Crippen LogP contribution in [0.15, 0.2) is 42.5 Å². The molecule has 0 amide bonds. The molecule has 17 heteroatoms. The van der Waals surface area contributed by atoms with Gasteiger partial charge in [-0.15, -0.1) is 0 Å². The highest BCUT2D eigenvalue weighted by molar-refractivity contribution is 14.1. The van der Waals surface area contributed by atoms with Crippen LogP contribution in [0.25, 0.3) is 0 Å². The number of rotatable bonds is 13. The van der Waals surface area contributed by atoms with Gasteiger partial charge in [-0.25, -0.2) is 19.9 Å². The number of quaternary nitrogens is 1. The largest absolute Gasteiger partial charge is 0.443 e. The van der Waals surface area contributed by atoms with Crippen LogP contribution in [-0.4, -0.2) is 110 Å². The van der Waals surface area contributed by atoms with Gasteiger partial charge in [-0.05, 0) is 81.0 Å². The molecule has 336 valence electrons. The van der Waals surface area contributed by atoms with Gasteiger partial charge < -0.3 is 53.2 Å². The van der Waals surface area contributed by atoms with E-state index < -0.39 is 22.4 Å². The van der Waals surface area contributed by atoms with Crippen LogP contribution in [0.3, 0.4) is 0 Å². The summed E-state index contributed by atoms with van der Waals surface area (Å²) in [5.41, 5.74) is 1.26. The molecule has 0 aliphatic carbocycles. The first-order chi connectivity index (χ1) is 25.2. The summed E-state index contributed by atoms with van der Waals surface area (Å²) in [6, 6.07) is 1.93. The monoisotopic (exact) mass is 937 g/mol. The van der Waals surface area contributed by atoms with Gasteiger partial charge in [0.05, 0.1) is 71.4 Å². The van der Waals surface area contributed by atoms with E-state index in [-0.39, 0.29) is 34.6 Å². The van der Waals surface area contributed by atoms with Crippen LogP contribution in [0.1, 0.15) is 124 Å². The molecule has 58 heavy (non-hydrogen) atoms. The Hall–Kier alpha value is -3.22. The predicted octanol–water partition coefficient (Wildman–Crippen LogP) is 6.49. The average molecular weight is 938 g/mol. The summed E-state index contributed by atoms with van der Waals surface area (Å²) in [6.45, 7) is 15.5. The maximum atomic E-state index is 9.67. The first-order valence-corrected chi connectivity index (χ1v) is 19.9. The molecule has 0 saturated heterocycles. The van der Waals surface area contributed by atoms with Crippen LogP contribution >= 0.6 is 22.6 Å². The number of aromatic nitrogens is 4. The minimum atomic E-state index is -1.08. The summed E-state index contributed by atoms with van der Waals surface area (Å²) in [6.07, 6.45) is 8.92. The standard InChI is InChI=1S/C11H21N2O2.C10H18N2O2.C8H14N2O2.C8H10N2O2.CH3I.3CH4/c1-11(2,14)10-12-8-9(15-10)6-7-13(3,4)5;1-10(2,13)9-11-7-8(14-9)5-6-12(3)4;2*1-8(2,11)7-10-5-6(12-7)3-4-9;1-2;;;/h8,14H,6-7H2,1-5H3;7,13H,5-6H2,1-4H3;5,11H,3-4,9H2,1-2H3;5,11H,3H2,1-2H3;1H3;3*1H4/q+1;;;;;;;. The number of hydrogen-bond acceptors (Lipinski definition) is 15. The van der Waals surface area contributed by atoms with Crippen LogP contribution in [-0.2, 0) is 48.1 Å². The van der Waals surface area contributed by atoms with Gasteiger partial charge in [-0.1, -0.05) is 44.9 Å². The number of likely N-dealkylation sites (N-methyl/N-ethyl adjacent to an activating group) is 2. The molecular formula is C41H78IN8O8+. The smallest absolute Gasteiger partial charge is 0.225 e. The number of nitriles is 1. The zero-order valence-electron chi connectivity index (χ0n) is 35.3. The van der Waals surface area contributed by atoms with Gasteiger partial charge in [0, 0.05) is 19.4 Å². The van der Waals surface area contributed by atoms with E-state index in [9.17, 15) is 20.4 Å². The molecule has 0 unspecified atom stereocenters. The fourth-order valence-corrected chi connectivity index (χ4v) is 3.79. The van der Waals surface area contributed by atoms with Gasteiger partial charge in [0.1, 0.15) is 45.4 Å². The predicted molar refractivity (Wildman–Crippen MR) is 238 cm³/mol. The zero-order valence-corrected chi connectivity index (χ0v) is 37.4. The van der Waals surface area contributed by atoms with Crippen molar-refractivity contribution in [3.05, 3.63) is 71.4 Å². The van der Waals surface area contributed by atoms with Crippen molar-refractivity contribution in [2.75, 3.05) is 59.8 Å². The molecule has 0 spiro atoms. The lowest BCUT2D eigenvalue weighted by Crippen LogP contribution is -2.36. The van der Waals surface area contributed by atoms with E-state index in [1.807, 2.05) is 25.1 Å². The second-order valence-electron chi connectivity index (χ2n) is 16.0. The summed E-state index contributed by atoms with van der Waals surface area (Å²) in [4.78, 5) is 19.9. The maximum Gasteiger partial charge on any atom is 0.225 e. The lowest BCUT2D eigenvalue weighted by atomic mass is 10.1. The molecule has 0 fully saturated rings. The molecule has 0 saturated carbocycles. The summed E-state index contributed by atoms with van der Waals surface area (Å²) >= 11 is 2.15. The minimum absolute atomic E-state index is 0. The van der Waals surface area contributed by atoms with Crippen molar-refractivity contribution in [3.8, 4) is 6.07 Å². The average Bonchev–Trinajstić information content (AvgIpc) is 3.87. The van der Waals surface area contributed by atoms with Gasteiger partial charge in [0.25, 0.3) is 0 Å². The van der Waals surface area contributed by atoms with Crippen molar-refractivity contribution in [1.82, 2.24) is 24.8 Å². The number of hydrogen-bond donors (Lipinski definition) is 5. The molecule has 16 nitrogen and oxygen atoms in total. The lowest BCUT2D eigenvalue weighted by molar-refractivity contribution is -0.870. The molecule has 0 bridgehead atoms. The Kier molecular flexibility index (Phi) is 29.2. The number of oxazole rings is 4. The van der Waals surface area contributed by atoms with E-state index >= 15 is 0 Å².